The number of carboxylic acid groups (broad SMARTS) is 1. The predicted octanol–water partition coefficient (Wildman–Crippen LogP) is 1.89. The summed E-state index contributed by atoms with van der Waals surface area (Å²) in [6.45, 7) is 4.98. The number of amides is 1. The molecule has 126 valence electrons. The van der Waals surface area contributed by atoms with Gasteiger partial charge in [0.2, 0.25) is 5.91 Å². The maximum Gasteiger partial charge on any atom is 0.307 e. The molecule has 0 radical (unpaired) electrons. The highest BCUT2D eigenvalue weighted by Gasteiger charge is 2.48. The Labute approximate surface area is 140 Å². The molecule has 0 spiro atoms. The van der Waals surface area contributed by atoms with Gasteiger partial charge in [0.15, 0.2) is 0 Å². The molecule has 0 aliphatic heterocycles. The fourth-order valence-corrected chi connectivity index (χ4v) is 2.96. The van der Waals surface area contributed by atoms with Crippen molar-refractivity contribution in [1.29, 1.82) is 0 Å². The number of carbonyl (C=O) groups excluding carboxylic acids is 1. The van der Waals surface area contributed by atoms with Crippen LogP contribution >= 0.6 is 0 Å². The van der Waals surface area contributed by atoms with E-state index in [1.807, 2.05) is 36.7 Å². The minimum atomic E-state index is -0.891. The summed E-state index contributed by atoms with van der Waals surface area (Å²) in [5, 5.41) is 16.3. The summed E-state index contributed by atoms with van der Waals surface area (Å²) in [5.74, 6) is -1.98. The van der Waals surface area contributed by atoms with E-state index in [9.17, 15) is 9.59 Å². The summed E-state index contributed by atoms with van der Waals surface area (Å²) in [7, 11) is 0. The zero-order valence-electron chi connectivity index (χ0n) is 13.8. The molecule has 0 unspecified atom stereocenters. The molecule has 2 atom stereocenters. The third kappa shape index (κ3) is 3.32. The van der Waals surface area contributed by atoms with Gasteiger partial charge in [-0.15, -0.1) is 0 Å². The average Bonchev–Trinajstić information content (AvgIpc) is 3.31. The molecular weight excluding hydrogens is 306 g/mol. The van der Waals surface area contributed by atoms with E-state index in [2.05, 4.69) is 22.5 Å². The van der Waals surface area contributed by atoms with Gasteiger partial charge in [0.05, 0.1) is 24.1 Å². The molecule has 1 fully saturated rings. The first kappa shape index (κ1) is 16.2. The first-order valence-corrected chi connectivity index (χ1v) is 8.04. The number of hydrogen-bond acceptors (Lipinski definition) is 3. The van der Waals surface area contributed by atoms with Gasteiger partial charge >= 0.3 is 5.97 Å². The lowest BCUT2D eigenvalue weighted by Crippen LogP contribution is -2.26. The number of aromatic nitrogens is 2. The second kappa shape index (κ2) is 6.47. The van der Waals surface area contributed by atoms with E-state index in [1.165, 1.54) is 5.56 Å². The lowest BCUT2D eigenvalue weighted by molar-refractivity contribution is -0.140. The number of carboxylic acids is 1. The molecule has 0 bridgehead atoms. The zero-order chi connectivity index (χ0) is 17.3. The highest BCUT2D eigenvalue weighted by molar-refractivity contribution is 5.89. The first-order valence-electron chi connectivity index (χ1n) is 8.04. The van der Waals surface area contributed by atoms with E-state index >= 15 is 0 Å². The van der Waals surface area contributed by atoms with Gasteiger partial charge in [-0.2, -0.15) is 5.10 Å². The highest BCUT2D eigenvalue weighted by Crippen LogP contribution is 2.38. The van der Waals surface area contributed by atoms with Crippen LogP contribution in [-0.4, -0.2) is 26.8 Å². The Balaban J connectivity index is 1.64. The number of nitrogens with zero attached hydrogens (tertiary/aromatic N) is 2. The molecule has 24 heavy (non-hydrogen) atoms. The van der Waals surface area contributed by atoms with Gasteiger partial charge in [-0.3, -0.25) is 14.3 Å². The van der Waals surface area contributed by atoms with E-state index in [0.29, 0.717) is 19.5 Å². The summed E-state index contributed by atoms with van der Waals surface area (Å²) >= 11 is 0. The van der Waals surface area contributed by atoms with E-state index < -0.39 is 11.9 Å². The van der Waals surface area contributed by atoms with Gasteiger partial charge < -0.3 is 10.4 Å². The minimum absolute atomic E-state index is 0.183. The monoisotopic (exact) mass is 327 g/mol. The van der Waals surface area contributed by atoms with Gasteiger partial charge in [0.1, 0.15) is 0 Å². The molecule has 1 aromatic heterocycles. The predicted molar refractivity (Wildman–Crippen MR) is 88.3 cm³/mol. The Bertz CT molecular complexity index is 767. The fraction of sp³-hybridized carbons (Fsp3) is 0.389. The molecule has 1 heterocycles. The molecule has 6 nitrogen and oxygen atoms in total. The van der Waals surface area contributed by atoms with Crippen molar-refractivity contribution in [1.82, 2.24) is 15.1 Å². The summed E-state index contributed by atoms with van der Waals surface area (Å²) in [6, 6.07) is 10.1. The van der Waals surface area contributed by atoms with Crippen LogP contribution < -0.4 is 5.32 Å². The fourth-order valence-electron chi connectivity index (χ4n) is 2.96. The molecule has 1 aliphatic carbocycles. The van der Waals surface area contributed by atoms with Crippen LogP contribution in [0.15, 0.2) is 30.3 Å². The molecule has 1 aromatic carbocycles. The Kier molecular flexibility index (Phi) is 4.38. The lowest BCUT2D eigenvalue weighted by Gasteiger charge is -2.07. The number of benzene rings is 1. The van der Waals surface area contributed by atoms with Crippen molar-refractivity contribution in [3.63, 3.8) is 0 Å². The standard InChI is InChI=1S/C18H21N3O3/c1-11-16(9-19-17(22)14-8-15(14)18(23)24)12(2)21(20-11)10-13-6-4-3-5-7-13/h3-7,14-15H,8-10H2,1-2H3,(H,19,22)(H,23,24)/t14-,15+/m0/s1. The van der Waals surface area contributed by atoms with Crippen molar-refractivity contribution in [2.24, 2.45) is 11.8 Å². The van der Waals surface area contributed by atoms with Crippen molar-refractivity contribution < 1.29 is 14.7 Å². The van der Waals surface area contributed by atoms with Crippen molar-refractivity contribution in [3.05, 3.63) is 52.8 Å². The molecule has 1 amide bonds. The number of carbonyl (C=O) groups is 2. The molecule has 1 aliphatic rings. The van der Waals surface area contributed by atoms with Crippen LogP contribution in [0.1, 0.15) is 28.9 Å². The smallest absolute Gasteiger partial charge is 0.307 e. The quantitative estimate of drug-likeness (QED) is 0.848. The summed E-state index contributed by atoms with van der Waals surface area (Å²) in [4.78, 5) is 22.9. The molecule has 1 saturated carbocycles. The van der Waals surface area contributed by atoms with Gasteiger partial charge in [-0.25, -0.2) is 0 Å². The van der Waals surface area contributed by atoms with Gasteiger partial charge in [0.25, 0.3) is 0 Å². The van der Waals surface area contributed by atoms with E-state index in [4.69, 9.17) is 5.11 Å². The average molecular weight is 327 g/mol. The first-order chi connectivity index (χ1) is 11.5. The van der Waals surface area contributed by atoms with Gasteiger partial charge in [0, 0.05) is 17.8 Å². The number of nitrogens with one attached hydrogen (secondary N) is 1. The van der Waals surface area contributed by atoms with Gasteiger partial charge in [-0.05, 0) is 25.8 Å². The lowest BCUT2D eigenvalue weighted by atomic mass is 10.2. The van der Waals surface area contributed by atoms with E-state index in [0.717, 1.165) is 17.0 Å². The largest absolute Gasteiger partial charge is 0.481 e. The maximum absolute atomic E-state index is 12.0. The van der Waals surface area contributed by atoms with Gasteiger partial charge in [-0.1, -0.05) is 30.3 Å². The number of rotatable bonds is 6. The Morgan fingerprint density at radius 1 is 1.25 bits per heavy atom. The molecule has 2 N–H and O–H groups in total. The molecule has 2 aromatic rings. The van der Waals surface area contributed by atoms with Crippen molar-refractivity contribution in [3.8, 4) is 0 Å². The van der Waals surface area contributed by atoms with Crippen LogP contribution in [0.5, 0.6) is 0 Å². The van der Waals surface area contributed by atoms with Crippen molar-refractivity contribution in [2.75, 3.05) is 0 Å². The highest BCUT2D eigenvalue weighted by atomic mass is 16.4. The molecular formula is C18H21N3O3. The van der Waals surface area contributed by atoms with E-state index in [1.54, 1.807) is 0 Å². The van der Waals surface area contributed by atoms with Crippen molar-refractivity contribution in [2.45, 2.75) is 33.4 Å². The van der Waals surface area contributed by atoms with Crippen molar-refractivity contribution >= 4 is 11.9 Å². The minimum Gasteiger partial charge on any atom is -0.481 e. The molecule has 3 rings (SSSR count). The molecule has 6 heteroatoms. The molecule has 0 saturated heterocycles. The second-order valence-electron chi connectivity index (χ2n) is 6.30. The normalized spacial score (nSPS) is 19.1. The topological polar surface area (TPSA) is 84.2 Å². The van der Waals surface area contributed by atoms with Crippen LogP contribution in [-0.2, 0) is 22.7 Å². The summed E-state index contributed by atoms with van der Waals surface area (Å²) < 4.78 is 1.93. The maximum atomic E-state index is 12.0. The van der Waals surface area contributed by atoms with E-state index in [-0.39, 0.29) is 11.8 Å². The second-order valence-corrected chi connectivity index (χ2v) is 6.30. The Morgan fingerprint density at radius 3 is 2.58 bits per heavy atom. The SMILES string of the molecule is Cc1nn(Cc2ccccc2)c(C)c1CNC(=O)[C@H]1C[C@H]1C(=O)O. The van der Waals surface area contributed by atoms with Crippen LogP contribution in [0.4, 0.5) is 0 Å². The zero-order valence-corrected chi connectivity index (χ0v) is 13.8. The number of hydrogen-bond donors (Lipinski definition) is 2. The number of aryl methyl sites for hydroxylation is 1. The Hall–Kier alpha value is -2.63. The van der Waals surface area contributed by atoms with Crippen LogP contribution in [0, 0.1) is 25.7 Å². The van der Waals surface area contributed by atoms with Crippen LogP contribution in [0.2, 0.25) is 0 Å². The third-order valence-electron chi connectivity index (χ3n) is 4.59. The summed E-state index contributed by atoms with van der Waals surface area (Å²) in [5.41, 5.74) is 4.06. The van der Waals surface area contributed by atoms with Crippen LogP contribution in [0.3, 0.4) is 0 Å². The third-order valence-corrected chi connectivity index (χ3v) is 4.59. The number of aliphatic carboxylic acids is 1. The Morgan fingerprint density at radius 2 is 1.96 bits per heavy atom. The summed E-state index contributed by atoms with van der Waals surface area (Å²) in [6.07, 6.45) is 0.437. The van der Waals surface area contributed by atoms with Crippen LogP contribution in [0.25, 0.3) is 0 Å².